The molecule has 0 amide bonds. The van der Waals surface area contributed by atoms with Crippen molar-refractivity contribution in [3.05, 3.63) is 16.9 Å². The van der Waals surface area contributed by atoms with Gasteiger partial charge in [-0.25, -0.2) is 0 Å². The van der Waals surface area contributed by atoms with Gasteiger partial charge in [-0.2, -0.15) is 5.10 Å². The van der Waals surface area contributed by atoms with E-state index >= 15 is 0 Å². The van der Waals surface area contributed by atoms with Crippen molar-refractivity contribution >= 4 is 17.4 Å². The number of aromatic nitrogens is 2. The van der Waals surface area contributed by atoms with Gasteiger partial charge >= 0.3 is 0 Å². The Labute approximate surface area is 133 Å². The maximum atomic E-state index is 12.8. The molecule has 1 fully saturated rings. The lowest BCUT2D eigenvalue weighted by atomic mass is 9.69. The Morgan fingerprint density at radius 2 is 1.86 bits per heavy atom. The fraction of sp³-hybridized carbons (Fsp3) is 0.765. The summed E-state index contributed by atoms with van der Waals surface area (Å²) in [6.07, 6.45) is 5.80. The summed E-state index contributed by atoms with van der Waals surface area (Å²) in [4.78, 5) is 12.8. The largest absolute Gasteiger partial charge is 0.292 e. The predicted octanol–water partition coefficient (Wildman–Crippen LogP) is 5.15. The number of nitrogens with zero attached hydrogens (tertiary/aromatic N) is 2. The van der Waals surface area contributed by atoms with E-state index in [-0.39, 0.29) is 17.7 Å². The molecular formula is C17H27ClN2O. The highest BCUT2D eigenvalue weighted by Crippen LogP contribution is 2.41. The lowest BCUT2D eigenvalue weighted by molar-refractivity contribution is 0.0807. The number of ketones is 1. The van der Waals surface area contributed by atoms with Gasteiger partial charge in [0, 0.05) is 12.0 Å². The van der Waals surface area contributed by atoms with Crippen LogP contribution in [-0.4, -0.2) is 15.6 Å². The number of carbonyl (C=O) groups is 1. The van der Waals surface area contributed by atoms with E-state index in [1.165, 1.54) is 0 Å². The molecule has 21 heavy (non-hydrogen) atoms. The van der Waals surface area contributed by atoms with E-state index in [0.29, 0.717) is 22.0 Å². The van der Waals surface area contributed by atoms with E-state index in [0.717, 1.165) is 25.7 Å². The van der Waals surface area contributed by atoms with Crippen molar-refractivity contribution in [1.29, 1.82) is 0 Å². The second-order valence-corrected chi connectivity index (χ2v) is 8.07. The predicted molar refractivity (Wildman–Crippen MR) is 86.9 cm³/mol. The molecule has 3 nitrogen and oxygen atoms in total. The quantitative estimate of drug-likeness (QED) is 0.723. The van der Waals surface area contributed by atoms with Crippen LogP contribution in [0.1, 0.15) is 76.8 Å². The Balaban J connectivity index is 2.11. The zero-order chi connectivity index (χ0) is 15.8. The van der Waals surface area contributed by atoms with Gasteiger partial charge in [-0.05, 0) is 50.9 Å². The van der Waals surface area contributed by atoms with E-state index in [9.17, 15) is 4.79 Å². The molecule has 118 valence electrons. The molecule has 0 saturated heterocycles. The minimum atomic E-state index is 0.107. The second-order valence-electron chi connectivity index (χ2n) is 7.66. The number of hydrogen-bond acceptors (Lipinski definition) is 2. The van der Waals surface area contributed by atoms with Crippen LogP contribution in [0.5, 0.6) is 0 Å². The third-order valence-corrected chi connectivity index (χ3v) is 5.07. The molecule has 0 unspecified atom stereocenters. The van der Waals surface area contributed by atoms with Crippen LogP contribution in [0.4, 0.5) is 0 Å². The highest BCUT2D eigenvalue weighted by atomic mass is 35.5. The first kappa shape index (κ1) is 16.5. The van der Waals surface area contributed by atoms with Gasteiger partial charge in [0.2, 0.25) is 0 Å². The van der Waals surface area contributed by atoms with Gasteiger partial charge in [0.25, 0.3) is 0 Å². The van der Waals surface area contributed by atoms with Gasteiger partial charge in [0.15, 0.2) is 5.78 Å². The van der Waals surface area contributed by atoms with Gasteiger partial charge in [0.05, 0.1) is 11.2 Å². The van der Waals surface area contributed by atoms with Crippen LogP contribution in [-0.2, 0) is 0 Å². The standard InChI is InChI=1S/C17H27ClN2O/c1-11(2)20-15(14(18)10-19-20)16(21)12-6-8-13(9-7-12)17(3,4)5/h10-13H,6-9H2,1-5H3. The molecule has 0 radical (unpaired) electrons. The lowest BCUT2D eigenvalue weighted by Gasteiger charge is -2.36. The molecule has 0 atom stereocenters. The van der Waals surface area contributed by atoms with E-state index in [1.54, 1.807) is 10.9 Å². The first-order valence-electron chi connectivity index (χ1n) is 7.99. The van der Waals surface area contributed by atoms with Crippen LogP contribution in [0.3, 0.4) is 0 Å². The summed E-state index contributed by atoms with van der Waals surface area (Å²) in [6, 6.07) is 0.155. The van der Waals surface area contributed by atoms with Crippen LogP contribution in [0.2, 0.25) is 5.02 Å². The summed E-state index contributed by atoms with van der Waals surface area (Å²) in [5.74, 6) is 1.00. The van der Waals surface area contributed by atoms with Crippen molar-refractivity contribution in [1.82, 2.24) is 9.78 Å². The number of halogens is 1. The monoisotopic (exact) mass is 310 g/mol. The topological polar surface area (TPSA) is 34.9 Å². The highest BCUT2D eigenvalue weighted by molar-refractivity contribution is 6.33. The molecular weight excluding hydrogens is 284 g/mol. The van der Waals surface area contributed by atoms with Crippen molar-refractivity contribution < 1.29 is 4.79 Å². The third-order valence-electron chi connectivity index (χ3n) is 4.80. The zero-order valence-electron chi connectivity index (χ0n) is 13.8. The first-order chi connectivity index (χ1) is 9.71. The molecule has 1 aliphatic carbocycles. The third kappa shape index (κ3) is 3.50. The number of Topliss-reactive ketones (excluding diaryl/α,β-unsaturated/α-hetero) is 1. The molecule has 1 saturated carbocycles. The van der Waals surface area contributed by atoms with Crippen molar-refractivity contribution in [2.24, 2.45) is 17.3 Å². The van der Waals surface area contributed by atoms with Crippen molar-refractivity contribution in [3.63, 3.8) is 0 Å². The first-order valence-corrected chi connectivity index (χ1v) is 8.36. The molecule has 2 rings (SSSR count). The molecule has 1 aromatic rings. The van der Waals surface area contributed by atoms with Crippen LogP contribution in [0.25, 0.3) is 0 Å². The molecule has 4 heteroatoms. The Morgan fingerprint density at radius 3 is 2.33 bits per heavy atom. The molecule has 1 heterocycles. The minimum Gasteiger partial charge on any atom is -0.292 e. The Morgan fingerprint density at radius 1 is 1.29 bits per heavy atom. The maximum Gasteiger partial charge on any atom is 0.185 e. The Hall–Kier alpha value is -0.830. The number of carbonyl (C=O) groups excluding carboxylic acids is 1. The zero-order valence-corrected chi connectivity index (χ0v) is 14.6. The molecule has 0 aliphatic heterocycles. The number of rotatable bonds is 3. The smallest absolute Gasteiger partial charge is 0.185 e. The van der Waals surface area contributed by atoms with E-state index in [1.807, 2.05) is 13.8 Å². The summed E-state index contributed by atoms with van der Waals surface area (Å²) in [5.41, 5.74) is 0.941. The van der Waals surface area contributed by atoms with Gasteiger partial charge < -0.3 is 0 Å². The fourth-order valence-corrected chi connectivity index (χ4v) is 3.60. The average Bonchev–Trinajstić information content (AvgIpc) is 2.79. The summed E-state index contributed by atoms with van der Waals surface area (Å²) in [6.45, 7) is 10.9. The molecule has 0 bridgehead atoms. The van der Waals surface area contributed by atoms with Crippen LogP contribution in [0, 0.1) is 17.3 Å². The van der Waals surface area contributed by atoms with Crippen molar-refractivity contribution in [2.45, 2.75) is 66.3 Å². The summed E-state index contributed by atoms with van der Waals surface area (Å²) < 4.78 is 1.76. The molecule has 0 N–H and O–H groups in total. The minimum absolute atomic E-state index is 0.107. The van der Waals surface area contributed by atoms with Crippen LogP contribution in [0.15, 0.2) is 6.20 Å². The molecule has 0 aromatic carbocycles. The summed E-state index contributed by atoms with van der Waals surface area (Å²) >= 11 is 6.20. The van der Waals surface area contributed by atoms with E-state index < -0.39 is 0 Å². The van der Waals surface area contributed by atoms with Crippen molar-refractivity contribution in [3.8, 4) is 0 Å². The van der Waals surface area contributed by atoms with Gasteiger partial charge in [0.1, 0.15) is 5.69 Å². The van der Waals surface area contributed by atoms with Crippen molar-refractivity contribution in [2.75, 3.05) is 0 Å². The molecule has 1 aliphatic rings. The highest BCUT2D eigenvalue weighted by Gasteiger charge is 2.34. The molecule has 1 aromatic heterocycles. The van der Waals surface area contributed by atoms with Gasteiger partial charge in [-0.1, -0.05) is 32.4 Å². The Bertz CT molecular complexity index is 505. The summed E-state index contributed by atoms with van der Waals surface area (Å²) in [7, 11) is 0. The normalized spacial score (nSPS) is 23.6. The summed E-state index contributed by atoms with van der Waals surface area (Å²) in [5, 5.41) is 4.74. The lowest BCUT2D eigenvalue weighted by Crippen LogP contribution is -2.30. The maximum absolute atomic E-state index is 12.8. The van der Waals surface area contributed by atoms with E-state index in [2.05, 4.69) is 25.9 Å². The molecule has 0 spiro atoms. The van der Waals surface area contributed by atoms with E-state index in [4.69, 9.17) is 11.6 Å². The van der Waals surface area contributed by atoms with Crippen LogP contribution >= 0.6 is 11.6 Å². The Kier molecular flexibility index (Phi) is 4.82. The van der Waals surface area contributed by atoms with Crippen LogP contribution < -0.4 is 0 Å². The van der Waals surface area contributed by atoms with Gasteiger partial charge in [-0.15, -0.1) is 0 Å². The average molecular weight is 311 g/mol. The second kappa shape index (κ2) is 6.12. The van der Waals surface area contributed by atoms with Gasteiger partial charge in [-0.3, -0.25) is 9.48 Å². The SMILES string of the molecule is CC(C)n1ncc(Cl)c1C(=O)C1CCC(C(C)(C)C)CC1. The fourth-order valence-electron chi connectivity index (χ4n) is 3.38. The number of hydrogen-bond donors (Lipinski definition) is 0.